The SMILES string of the molecule is O=C(Nc1ccc([O-])c(C(=O)O)c1)c1ccc(Cl)c(Cl)c1. The molecule has 2 N–H and O–H groups in total. The smallest absolute Gasteiger partial charge is 0.335 e. The van der Waals surface area contributed by atoms with E-state index in [1.54, 1.807) is 0 Å². The van der Waals surface area contributed by atoms with Crippen LogP contribution < -0.4 is 10.4 Å². The number of halogens is 2. The van der Waals surface area contributed by atoms with Crippen LogP contribution in [0.1, 0.15) is 20.7 Å². The molecule has 0 heterocycles. The van der Waals surface area contributed by atoms with Crippen LogP contribution in [0.15, 0.2) is 36.4 Å². The summed E-state index contributed by atoms with van der Waals surface area (Å²) in [5.74, 6) is -2.48. The number of carboxylic acids is 1. The summed E-state index contributed by atoms with van der Waals surface area (Å²) in [5, 5.41) is 23.2. The van der Waals surface area contributed by atoms with E-state index in [0.717, 1.165) is 12.1 Å². The molecule has 0 saturated heterocycles. The maximum absolute atomic E-state index is 12.0. The lowest BCUT2D eigenvalue weighted by molar-refractivity contribution is -0.268. The molecule has 108 valence electrons. The Bertz CT molecular complexity index is 731. The van der Waals surface area contributed by atoms with Crippen molar-refractivity contribution in [2.45, 2.75) is 0 Å². The minimum absolute atomic E-state index is 0.197. The summed E-state index contributed by atoms with van der Waals surface area (Å²) >= 11 is 11.6. The summed E-state index contributed by atoms with van der Waals surface area (Å²) in [6.07, 6.45) is 0. The molecule has 0 aliphatic rings. The first-order valence-electron chi connectivity index (χ1n) is 5.69. The van der Waals surface area contributed by atoms with Crippen molar-refractivity contribution in [2.24, 2.45) is 0 Å². The van der Waals surface area contributed by atoms with Crippen LogP contribution in [0.2, 0.25) is 10.0 Å². The Morgan fingerprint density at radius 3 is 2.38 bits per heavy atom. The maximum atomic E-state index is 12.0. The molecule has 21 heavy (non-hydrogen) atoms. The number of nitrogens with one attached hydrogen (secondary N) is 1. The number of aromatic carboxylic acids is 1. The maximum Gasteiger partial charge on any atom is 0.335 e. The third-order valence-corrected chi connectivity index (χ3v) is 3.39. The van der Waals surface area contributed by atoms with Gasteiger partial charge in [-0.3, -0.25) is 4.79 Å². The zero-order valence-corrected chi connectivity index (χ0v) is 11.9. The third-order valence-electron chi connectivity index (χ3n) is 2.65. The van der Waals surface area contributed by atoms with Crippen molar-refractivity contribution in [1.82, 2.24) is 0 Å². The van der Waals surface area contributed by atoms with Crippen molar-refractivity contribution in [2.75, 3.05) is 5.32 Å². The van der Waals surface area contributed by atoms with Gasteiger partial charge < -0.3 is 15.5 Å². The number of amides is 1. The minimum atomic E-state index is -1.36. The Balaban J connectivity index is 2.25. The summed E-state index contributed by atoms with van der Waals surface area (Å²) in [6.45, 7) is 0. The molecule has 0 atom stereocenters. The van der Waals surface area contributed by atoms with E-state index in [1.165, 1.54) is 24.3 Å². The fourth-order valence-corrected chi connectivity index (χ4v) is 1.91. The Kier molecular flexibility index (Phi) is 4.35. The van der Waals surface area contributed by atoms with Crippen LogP contribution in [-0.2, 0) is 0 Å². The van der Waals surface area contributed by atoms with Gasteiger partial charge in [0, 0.05) is 11.3 Å². The summed E-state index contributed by atoms with van der Waals surface area (Å²) in [4.78, 5) is 22.9. The van der Waals surface area contributed by atoms with E-state index in [9.17, 15) is 14.7 Å². The third kappa shape index (κ3) is 3.45. The minimum Gasteiger partial charge on any atom is -0.872 e. The lowest BCUT2D eigenvalue weighted by Gasteiger charge is -2.12. The number of hydrogen-bond donors (Lipinski definition) is 2. The summed E-state index contributed by atoms with van der Waals surface area (Å²) in [7, 11) is 0. The van der Waals surface area contributed by atoms with Crippen LogP contribution in [-0.4, -0.2) is 17.0 Å². The predicted octanol–water partition coefficient (Wildman–Crippen LogP) is 3.02. The first-order valence-corrected chi connectivity index (χ1v) is 6.45. The number of carbonyl (C=O) groups is 2. The molecule has 0 aliphatic carbocycles. The van der Waals surface area contributed by atoms with Gasteiger partial charge in [-0.05, 0) is 30.3 Å². The molecule has 0 saturated carbocycles. The molecule has 7 heteroatoms. The highest BCUT2D eigenvalue weighted by Crippen LogP contribution is 2.24. The van der Waals surface area contributed by atoms with Gasteiger partial charge in [-0.2, -0.15) is 0 Å². The average Bonchev–Trinajstić information content (AvgIpc) is 2.43. The molecule has 2 rings (SSSR count). The van der Waals surface area contributed by atoms with Gasteiger partial charge in [-0.25, -0.2) is 4.79 Å². The summed E-state index contributed by atoms with van der Waals surface area (Å²) in [5.41, 5.74) is 0.0393. The zero-order valence-electron chi connectivity index (χ0n) is 10.4. The second kappa shape index (κ2) is 6.03. The molecule has 0 spiro atoms. The van der Waals surface area contributed by atoms with Crippen LogP contribution in [0, 0.1) is 0 Å². The molecule has 1 amide bonds. The van der Waals surface area contributed by atoms with Gasteiger partial charge in [-0.15, -0.1) is 0 Å². The molecule has 0 fully saturated rings. The highest BCUT2D eigenvalue weighted by molar-refractivity contribution is 6.42. The molecule has 2 aromatic carbocycles. The van der Waals surface area contributed by atoms with E-state index in [1.807, 2.05) is 0 Å². The number of anilines is 1. The molecule has 0 aromatic heterocycles. The van der Waals surface area contributed by atoms with Crippen molar-refractivity contribution in [3.63, 3.8) is 0 Å². The highest BCUT2D eigenvalue weighted by atomic mass is 35.5. The van der Waals surface area contributed by atoms with E-state index in [2.05, 4.69) is 5.32 Å². The average molecular weight is 325 g/mol. The van der Waals surface area contributed by atoms with Gasteiger partial charge in [0.25, 0.3) is 5.91 Å². The van der Waals surface area contributed by atoms with Crippen LogP contribution in [0.3, 0.4) is 0 Å². The predicted molar refractivity (Wildman–Crippen MR) is 77.3 cm³/mol. The van der Waals surface area contributed by atoms with Crippen LogP contribution in [0.4, 0.5) is 5.69 Å². The topological polar surface area (TPSA) is 89.5 Å². The number of carbonyl (C=O) groups excluding carboxylic acids is 1. The standard InChI is InChI=1S/C14H9Cl2NO4/c15-10-3-1-7(5-11(10)16)13(19)17-8-2-4-12(18)9(6-8)14(20)21/h1-6,18H,(H,17,19)(H,20,21)/p-1. The van der Waals surface area contributed by atoms with Crippen molar-refractivity contribution in [3.8, 4) is 5.75 Å². The molecule has 2 aromatic rings. The quantitative estimate of drug-likeness (QED) is 0.908. The van der Waals surface area contributed by atoms with Gasteiger partial charge >= 0.3 is 5.97 Å². The molecule has 0 aliphatic heterocycles. The number of benzene rings is 2. The molecule has 0 bridgehead atoms. The molecular formula is C14H8Cl2NO4-. The summed E-state index contributed by atoms with van der Waals surface area (Å²) < 4.78 is 0. The van der Waals surface area contributed by atoms with Crippen LogP contribution >= 0.6 is 23.2 Å². The zero-order chi connectivity index (χ0) is 15.6. The lowest BCUT2D eigenvalue weighted by Crippen LogP contribution is -2.13. The molecule has 0 unspecified atom stereocenters. The Hall–Kier alpha value is -2.24. The van der Waals surface area contributed by atoms with E-state index in [0.29, 0.717) is 5.02 Å². The van der Waals surface area contributed by atoms with Gasteiger partial charge in [-0.1, -0.05) is 35.0 Å². The van der Waals surface area contributed by atoms with E-state index >= 15 is 0 Å². The van der Waals surface area contributed by atoms with Crippen molar-refractivity contribution >= 4 is 40.8 Å². The highest BCUT2D eigenvalue weighted by Gasteiger charge is 2.10. The van der Waals surface area contributed by atoms with Crippen molar-refractivity contribution < 1.29 is 19.8 Å². The van der Waals surface area contributed by atoms with E-state index in [4.69, 9.17) is 28.3 Å². The number of rotatable bonds is 3. The molecular weight excluding hydrogens is 317 g/mol. The monoisotopic (exact) mass is 324 g/mol. The second-order valence-corrected chi connectivity index (χ2v) is 4.91. The van der Waals surface area contributed by atoms with Gasteiger partial charge in [0.05, 0.1) is 15.6 Å². The van der Waals surface area contributed by atoms with Crippen LogP contribution in [0.5, 0.6) is 5.75 Å². The fourth-order valence-electron chi connectivity index (χ4n) is 1.62. The van der Waals surface area contributed by atoms with E-state index in [-0.39, 0.29) is 16.3 Å². The van der Waals surface area contributed by atoms with Gasteiger partial charge in [0.2, 0.25) is 0 Å². The Morgan fingerprint density at radius 1 is 1.05 bits per heavy atom. The van der Waals surface area contributed by atoms with Crippen LogP contribution in [0.25, 0.3) is 0 Å². The largest absolute Gasteiger partial charge is 0.872 e. The number of carboxylic acid groups (broad SMARTS) is 1. The molecule has 0 radical (unpaired) electrons. The van der Waals surface area contributed by atoms with Crippen molar-refractivity contribution in [1.29, 1.82) is 0 Å². The summed E-state index contributed by atoms with van der Waals surface area (Å²) in [6, 6.07) is 7.84. The van der Waals surface area contributed by atoms with Gasteiger partial charge in [0.15, 0.2) is 0 Å². The lowest BCUT2D eigenvalue weighted by atomic mass is 10.1. The number of hydrogen-bond acceptors (Lipinski definition) is 3. The Labute approximate surface area is 129 Å². The second-order valence-electron chi connectivity index (χ2n) is 4.10. The first kappa shape index (κ1) is 15.2. The molecule has 5 nitrogen and oxygen atoms in total. The fraction of sp³-hybridized carbons (Fsp3) is 0. The van der Waals surface area contributed by atoms with Crippen molar-refractivity contribution in [3.05, 3.63) is 57.6 Å². The normalized spacial score (nSPS) is 10.2. The Morgan fingerprint density at radius 2 is 1.76 bits per heavy atom. The first-order chi connectivity index (χ1) is 9.88. The van der Waals surface area contributed by atoms with Gasteiger partial charge in [0.1, 0.15) is 0 Å². The van der Waals surface area contributed by atoms with E-state index < -0.39 is 23.2 Å².